The number of hydrazine groups is 1. The van der Waals surface area contributed by atoms with Crippen LogP contribution < -0.4 is 10.9 Å². The van der Waals surface area contributed by atoms with Crippen LogP contribution in [0.2, 0.25) is 0 Å². The third kappa shape index (κ3) is 4.26. The van der Waals surface area contributed by atoms with Crippen LogP contribution in [0, 0.1) is 0 Å². The highest BCUT2D eigenvalue weighted by Crippen LogP contribution is 1.99. The fourth-order valence-electron chi connectivity index (χ4n) is 0.844. The Morgan fingerprint density at radius 3 is 3.00 bits per heavy atom. The summed E-state index contributed by atoms with van der Waals surface area (Å²) in [6.45, 7) is 1.99. The average Bonchev–Trinajstić information content (AvgIpc) is 2.27. The average molecular weight is 241 g/mol. The van der Waals surface area contributed by atoms with E-state index in [0.717, 1.165) is 5.75 Å². The monoisotopic (exact) mass is 241 g/mol. The second-order valence-corrected chi connectivity index (χ2v) is 4.48. The van der Waals surface area contributed by atoms with Gasteiger partial charge in [-0.25, -0.2) is 0 Å². The first-order valence-corrected chi connectivity index (χ1v) is 5.76. The molecule has 0 bridgehead atoms. The van der Waals surface area contributed by atoms with Gasteiger partial charge in [0.2, 0.25) is 0 Å². The van der Waals surface area contributed by atoms with Gasteiger partial charge >= 0.3 is 0 Å². The SMILES string of the molecule is CCSC(=S)NNC(=O)c1cccnc1. The molecule has 0 spiro atoms. The molecule has 0 saturated heterocycles. The maximum atomic E-state index is 11.5. The molecule has 1 heterocycles. The van der Waals surface area contributed by atoms with Crippen LogP contribution in [-0.4, -0.2) is 21.0 Å². The fourth-order valence-corrected chi connectivity index (χ4v) is 1.63. The summed E-state index contributed by atoms with van der Waals surface area (Å²) in [7, 11) is 0. The van der Waals surface area contributed by atoms with Gasteiger partial charge in [0.05, 0.1) is 5.56 Å². The van der Waals surface area contributed by atoms with E-state index in [4.69, 9.17) is 12.2 Å². The number of carbonyl (C=O) groups excluding carboxylic acids is 1. The van der Waals surface area contributed by atoms with Gasteiger partial charge in [-0.3, -0.25) is 20.6 Å². The van der Waals surface area contributed by atoms with E-state index in [2.05, 4.69) is 15.8 Å². The number of thioether (sulfide) groups is 1. The standard InChI is InChI=1S/C9H11N3OS2/c1-2-15-9(14)12-11-8(13)7-4-3-5-10-6-7/h3-6H,2H2,1H3,(H,11,13)(H,12,14). The lowest BCUT2D eigenvalue weighted by atomic mass is 10.3. The number of thiocarbonyl (C=S) groups is 1. The molecule has 0 aromatic carbocycles. The minimum absolute atomic E-state index is 0.248. The second kappa shape index (κ2) is 6.36. The van der Waals surface area contributed by atoms with E-state index < -0.39 is 0 Å². The summed E-state index contributed by atoms with van der Waals surface area (Å²) < 4.78 is 0.551. The lowest BCUT2D eigenvalue weighted by molar-refractivity contribution is 0.0944. The van der Waals surface area contributed by atoms with Gasteiger partial charge in [0, 0.05) is 12.4 Å². The smallest absolute Gasteiger partial charge is 0.271 e. The Morgan fingerprint density at radius 2 is 2.40 bits per heavy atom. The number of carbonyl (C=O) groups is 1. The van der Waals surface area contributed by atoms with Crippen molar-refractivity contribution in [2.75, 3.05) is 5.75 Å². The van der Waals surface area contributed by atoms with Crippen molar-refractivity contribution in [1.82, 2.24) is 15.8 Å². The minimum atomic E-state index is -0.248. The molecule has 0 aliphatic heterocycles. The number of pyridine rings is 1. The van der Waals surface area contributed by atoms with Crippen LogP contribution in [0.5, 0.6) is 0 Å². The maximum Gasteiger partial charge on any atom is 0.271 e. The van der Waals surface area contributed by atoms with Gasteiger partial charge in [-0.1, -0.05) is 30.9 Å². The highest BCUT2D eigenvalue weighted by molar-refractivity contribution is 8.22. The number of nitrogens with one attached hydrogen (secondary N) is 2. The second-order valence-electron chi connectivity index (χ2n) is 2.54. The highest BCUT2D eigenvalue weighted by atomic mass is 32.2. The maximum absolute atomic E-state index is 11.5. The number of amides is 1. The molecule has 4 nitrogen and oxygen atoms in total. The Labute approximate surface area is 97.8 Å². The predicted octanol–water partition coefficient (Wildman–Crippen LogP) is 1.35. The van der Waals surface area contributed by atoms with Gasteiger partial charge in [0.25, 0.3) is 5.91 Å². The number of rotatable bonds is 2. The van der Waals surface area contributed by atoms with Crippen molar-refractivity contribution in [3.63, 3.8) is 0 Å². The fraction of sp³-hybridized carbons (Fsp3) is 0.222. The number of nitrogens with zero attached hydrogens (tertiary/aromatic N) is 1. The zero-order valence-corrected chi connectivity index (χ0v) is 9.82. The lowest BCUT2D eigenvalue weighted by Crippen LogP contribution is -2.39. The Bertz CT molecular complexity index is 342. The largest absolute Gasteiger partial charge is 0.283 e. The first-order valence-electron chi connectivity index (χ1n) is 4.37. The van der Waals surface area contributed by atoms with Crippen molar-refractivity contribution in [3.8, 4) is 0 Å². The number of hydrogen-bond acceptors (Lipinski definition) is 4. The third-order valence-electron chi connectivity index (χ3n) is 1.48. The van der Waals surface area contributed by atoms with Gasteiger partial charge in [0.1, 0.15) is 0 Å². The van der Waals surface area contributed by atoms with E-state index in [9.17, 15) is 4.79 Å². The molecule has 0 atom stereocenters. The first-order chi connectivity index (χ1) is 7.24. The van der Waals surface area contributed by atoms with Crippen LogP contribution >= 0.6 is 24.0 Å². The van der Waals surface area contributed by atoms with Crippen LogP contribution in [0.25, 0.3) is 0 Å². The molecule has 0 radical (unpaired) electrons. The molecular formula is C9H11N3OS2. The van der Waals surface area contributed by atoms with Crippen molar-refractivity contribution in [1.29, 1.82) is 0 Å². The normalized spacial score (nSPS) is 9.40. The molecule has 0 unspecified atom stereocenters. The molecule has 0 aliphatic rings. The van der Waals surface area contributed by atoms with E-state index >= 15 is 0 Å². The van der Waals surface area contributed by atoms with Crippen LogP contribution in [0.1, 0.15) is 17.3 Å². The Kier molecular flexibility index (Phi) is 5.06. The molecule has 0 fully saturated rings. The summed E-state index contributed by atoms with van der Waals surface area (Å²) in [6, 6.07) is 3.38. The lowest BCUT2D eigenvalue weighted by Gasteiger charge is -2.07. The van der Waals surface area contributed by atoms with Crippen molar-refractivity contribution in [2.45, 2.75) is 6.92 Å². The molecule has 0 saturated carbocycles. The molecule has 1 rings (SSSR count). The Morgan fingerprint density at radius 1 is 1.60 bits per heavy atom. The van der Waals surface area contributed by atoms with Crippen LogP contribution in [0.3, 0.4) is 0 Å². The zero-order valence-electron chi connectivity index (χ0n) is 8.19. The van der Waals surface area contributed by atoms with E-state index in [1.54, 1.807) is 18.3 Å². The molecule has 6 heteroatoms. The highest BCUT2D eigenvalue weighted by Gasteiger charge is 2.04. The van der Waals surface area contributed by atoms with E-state index in [-0.39, 0.29) is 5.91 Å². The van der Waals surface area contributed by atoms with Crippen molar-refractivity contribution < 1.29 is 4.79 Å². The van der Waals surface area contributed by atoms with Crippen LogP contribution in [-0.2, 0) is 0 Å². The number of hydrogen-bond donors (Lipinski definition) is 2. The van der Waals surface area contributed by atoms with E-state index in [1.165, 1.54) is 18.0 Å². The molecule has 1 amide bonds. The van der Waals surface area contributed by atoms with Gasteiger partial charge in [0.15, 0.2) is 4.32 Å². The molecular weight excluding hydrogens is 230 g/mol. The molecule has 2 N–H and O–H groups in total. The minimum Gasteiger partial charge on any atom is -0.283 e. The first kappa shape index (κ1) is 11.9. The van der Waals surface area contributed by atoms with Crippen molar-refractivity contribution in [3.05, 3.63) is 30.1 Å². The summed E-state index contributed by atoms with van der Waals surface area (Å²) in [5, 5.41) is 0. The van der Waals surface area contributed by atoms with Gasteiger partial charge in [-0.2, -0.15) is 0 Å². The molecule has 1 aromatic heterocycles. The summed E-state index contributed by atoms with van der Waals surface area (Å²) in [5.74, 6) is 0.622. The molecule has 15 heavy (non-hydrogen) atoms. The van der Waals surface area contributed by atoms with Crippen LogP contribution in [0.4, 0.5) is 0 Å². The van der Waals surface area contributed by atoms with E-state index in [1.807, 2.05) is 6.92 Å². The third-order valence-corrected chi connectivity index (χ3v) is 2.59. The van der Waals surface area contributed by atoms with Gasteiger partial charge < -0.3 is 0 Å². The quantitative estimate of drug-likeness (QED) is 0.605. The number of aromatic nitrogens is 1. The van der Waals surface area contributed by atoms with Gasteiger partial charge in [-0.05, 0) is 17.9 Å². The Hall–Kier alpha value is -1.14. The topological polar surface area (TPSA) is 54.0 Å². The van der Waals surface area contributed by atoms with E-state index in [0.29, 0.717) is 9.88 Å². The molecule has 0 aliphatic carbocycles. The zero-order chi connectivity index (χ0) is 11.1. The summed E-state index contributed by atoms with van der Waals surface area (Å²) in [4.78, 5) is 15.3. The van der Waals surface area contributed by atoms with Gasteiger partial charge in [-0.15, -0.1) is 0 Å². The predicted molar refractivity (Wildman–Crippen MR) is 65.6 cm³/mol. The van der Waals surface area contributed by atoms with Crippen LogP contribution in [0.15, 0.2) is 24.5 Å². The summed E-state index contributed by atoms with van der Waals surface area (Å²) in [5.41, 5.74) is 5.64. The van der Waals surface area contributed by atoms with Crippen molar-refractivity contribution >= 4 is 34.2 Å². The van der Waals surface area contributed by atoms with Crippen molar-refractivity contribution in [2.24, 2.45) is 0 Å². The molecule has 1 aromatic rings. The summed E-state index contributed by atoms with van der Waals surface area (Å²) >= 11 is 6.40. The summed E-state index contributed by atoms with van der Waals surface area (Å²) in [6.07, 6.45) is 3.11. The molecule has 80 valence electrons. The Balaban J connectivity index is 2.40.